The summed E-state index contributed by atoms with van der Waals surface area (Å²) in [6, 6.07) is 3.09. The number of aliphatic carboxylic acids is 1. The van der Waals surface area contributed by atoms with Crippen LogP contribution in [0.5, 0.6) is 0 Å². The fourth-order valence-corrected chi connectivity index (χ4v) is 4.59. The summed E-state index contributed by atoms with van der Waals surface area (Å²) in [6.07, 6.45) is -1.49. The number of likely N-dealkylation sites (tertiary alicyclic amines) is 1. The molecule has 142 valence electrons. The topological polar surface area (TPSA) is 167 Å². The van der Waals surface area contributed by atoms with Crippen LogP contribution in [0, 0.1) is 10.1 Å². The molecule has 1 fully saturated rings. The minimum atomic E-state index is -4.46. The van der Waals surface area contributed by atoms with Gasteiger partial charge in [-0.1, -0.05) is 6.92 Å². The first kappa shape index (κ1) is 19.6. The first-order valence-corrected chi connectivity index (χ1v) is 9.08. The average molecular weight is 387 g/mol. The van der Waals surface area contributed by atoms with E-state index in [0.29, 0.717) is 4.90 Å². The van der Waals surface area contributed by atoms with Crippen molar-refractivity contribution in [1.82, 2.24) is 9.62 Å². The number of amides is 1. The Bertz CT molecular complexity index is 869. The molecule has 1 heterocycles. The molecule has 1 aromatic carbocycles. The lowest BCUT2D eigenvalue weighted by atomic mass is 10.1. The normalized spacial score (nSPS) is 20.1. The number of aryl methyl sites for hydroxylation is 1. The zero-order valence-corrected chi connectivity index (χ0v) is 14.5. The molecule has 0 saturated carbocycles. The van der Waals surface area contributed by atoms with Crippen LogP contribution in [0.15, 0.2) is 23.1 Å². The van der Waals surface area contributed by atoms with Gasteiger partial charge >= 0.3 is 12.1 Å². The van der Waals surface area contributed by atoms with Crippen LogP contribution in [0.2, 0.25) is 0 Å². The summed E-state index contributed by atoms with van der Waals surface area (Å²) < 4.78 is 27.5. The van der Waals surface area contributed by atoms with E-state index in [1.165, 1.54) is 0 Å². The number of carboxylic acid groups (broad SMARTS) is 2. The monoisotopic (exact) mass is 387 g/mol. The molecule has 1 aliphatic rings. The number of carboxylic acids is 1. The number of nitrogens with one attached hydrogen (secondary N) is 1. The van der Waals surface area contributed by atoms with Crippen LogP contribution < -0.4 is 4.72 Å². The molecule has 1 amide bonds. The predicted octanol–water partition coefficient (Wildman–Crippen LogP) is 0.990. The molecule has 11 nitrogen and oxygen atoms in total. The highest BCUT2D eigenvalue weighted by atomic mass is 32.2. The van der Waals surface area contributed by atoms with E-state index in [0.717, 1.165) is 18.2 Å². The molecule has 1 aromatic rings. The number of nitro benzene ring substituents is 1. The van der Waals surface area contributed by atoms with Gasteiger partial charge in [0.05, 0.1) is 9.82 Å². The lowest BCUT2D eigenvalue weighted by Gasteiger charge is -2.33. The van der Waals surface area contributed by atoms with Crippen LogP contribution in [0.4, 0.5) is 10.5 Å². The third-order valence-corrected chi connectivity index (χ3v) is 5.78. The Morgan fingerprint density at radius 3 is 2.54 bits per heavy atom. The lowest BCUT2D eigenvalue weighted by molar-refractivity contribution is -0.385. The van der Waals surface area contributed by atoms with Crippen LogP contribution >= 0.6 is 0 Å². The molecule has 0 aliphatic carbocycles. The maximum atomic E-state index is 12.8. The zero-order valence-electron chi connectivity index (χ0n) is 13.7. The van der Waals surface area contributed by atoms with Crippen LogP contribution in [0.1, 0.15) is 25.3 Å². The average Bonchev–Trinajstić information content (AvgIpc) is 2.98. The maximum absolute atomic E-state index is 12.8. The second-order valence-corrected chi connectivity index (χ2v) is 7.36. The van der Waals surface area contributed by atoms with Crippen molar-refractivity contribution in [3.63, 3.8) is 0 Å². The van der Waals surface area contributed by atoms with Gasteiger partial charge in [0.1, 0.15) is 0 Å². The second-order valence-electron chi connectivity index (χ2n) is 5.71. The highest BCUT2D eigenvalue weighted by Gasteiger charge is 2.53. The van der Waals surface area contributed by atoms with Gasteiger partial charge in [-0.2, -0.15) is 4.72 Å². The molecule has 26 heavy (non-hydrogen) atoms. The summed E-state index contributed by atoms with van der Waals surface area (Å²) in [5.41, 5.74) is -2.51. The van der Waals surface area contributed by atoms with Crippen LogP contribution in [-0.2, 0) is 21.2 Å². The number of hydrogen-bond donors (Lipinski definition) is 3. The van der Waals surface area contributed by atoms with E-state index < -0.39 is 32.7 Å². The molecule has 1 atom stereocenters. The van der Waals surface area contributed by atoms with Crippen LogP contribution in [0.25, 0.3) is 0 Å². The van der Waals surface area contributed by atoms with Gasteiger partial charge in [-0.05, 0) is 30.9 Å². The Morgan fingerprint density at radius 2 is 2.04 bits per heavy atom. The molecule has 1 unspecified atom stereocenters. The van der Waals surface area contributed by atoms with Crippen molar-refractivity contribution in [3.05, 3.63) is 33.9 Å². The number of sulfonamides is 1. The summed E-state index contributed by atoms with van der Waals surface area (Å²) in [5.74, 6) is -1.64. The molecule has 3 N–H and O–H groups in total. The zero-order chi connectivity index (χ0) is 19.7. The van der Waals surface area contributed by atoms with E-state index in [9.17, 15) is 38.3 Å². The molecule has 2 rings (SSSR count). The number of hydrogen-bond acceptors (Lipinski definition) is 6. The summed E-state index contributed by atoms with van der Waals surface area (Å²) in [6.45, 7) is 1.45. The van der Waals surface area contributed by atoms with Crippen molar-refractivity contribution in [1.29, 1.82) is 0 Å². The van der Waals surface area contributed by atoms with E-state index in [1.54, 1.807) is 6.92 Å². The van der Waals surface area contributed by atoms with Gasteiger partial charge in [-0.25, -0.2) is 18.0 Å². The Hall–Kier alpha value is -2.73. The minimum absolute atomic E-state index is 0.118. The number of benzene rings is 1. The van der Waals surface area contributed by atoms with Gasteiger partial charge in [0.2, 0.25) is 15.7 Å². The smallest absolute Gasteiger partial charge is 0.409 e. The number of carbonyl (C=O) groups is 2. The standard InChI is InChI=1S/C14H17N3O8S/c1-2-9-8-10(17(22)23)4-5-11(9)26(24,25)15-14(12(18)19)6-3-7-16(14)13(20)21/h4-5,8,15H,2-3,6-7H2,1H3,(H,18,19)(H,20,21). The van der Waals surface area contributed by atoms with Gasteiger partial charge < -0.3 is 10.2 Å². The van der Waals surface area contributed by atoms with E-state index in [4.69, 9.17) is 0 Å². The van der Waals surface area contributed by atoms with E-state index in [1.807, 2.05) is 4.72 Å². The summed E-state index contributed by atoms with van der Waals surface area (Å²) in [7, 11) is -4.46. The molecule has 1 aliphatic heterocycles. The summed E-state index contributed by atoms with van der Waals surface area (Å²) >= 11 is 0. The maximum Gasteiger partial charge on any atom is 0.409 e. The number of non-ortho nitro benzene ring substituents is 1. The van der Waals surface area contributed by atoms with Crippen molar-refractivity contribution in [2.45, 2.75) is 36.7 Å². The van der Waals surface area contributed by atoms with Gasteiger partial charge in [-0.15, -0.1) is 0 Å². The molecule has 0 radical (unpaired) electrons. The van der Waals surface area contributed by atoms with Gasteiger partial charge in [0.15, 0.2) is 0 Å². The summed E-state index contributed by atoms with van der Waals surface area (Å²) in [4.78, 5) is 33.4. The number of rotatable bonds is 6. The highest BCUT2D eigenvalue weighted by Crippen LogP contribution is 2.31. The quantitative estimate of drug-likeness (QED) is 0.480. The van der Waals surface area contributed by atoms with E-state index in [-0.39, 0.29) is 42.0 Å². The van der Waals surface area contributed by atoms with Crippen molar-refractivity contribution in [3.8, 4) is 0 Å². The SMILES string of the molecule is CCc1cc([N+](=O)[O-])ccc1S(=O)(=O)NC1(C(=O)O)CCCN1C(=O)O. The molecule has 12 heteroatoms. The first-order chi connectivity index (χ1) is 12.0. The highest BCUT2D eigenvalue weighted by molar-refractivity contribution is 7.89. The van der Waals surface area contributed by atoms with Crippen molar-refractivity contribution in [2.75, 3.05) is 6.54 Å². The largest absolute Gasteiger partial charge is 0.478 e. The third kappa shape index (κ3) is 3.32. The number of nitrogens with zero attached hydrogens (tertiary/aromatic N) is 2. The summed E-state index contributed by atoms with van der Waals surface area (Å²) in [5, 5.41) is 29.6. The molecule has 0 spiro atoms. The van der Waals surface area contributed by atoms with Crippen molar-refractivity contribution in [2.24, 2.45) is 0 Å². The van der Waals surface area contributed by atoms with Gasteiger partial charge in [0, 0.05) is 18.7 Å². The molecule has 0 bridgehead atoms. The molecular formula is C14H17N3O8S. The van der Waals surface area contributed by atoms with Gasteiger partial charge in [0.25, 0.3) is 5.69 Å². The van der Waals surface area contributed by atoms with Crippen molar-refractivity contribution < 1.29 is 33.1 Å². The number of nitro groups is 1. The molecule has 1 saturated heterocycles. The first-order valence-electron chi connectivity index (χ1n) is 7.60. The lowest BCUT2D eigenvalue weighted by Crippen LogP contribution is -2.63. The van der Waals surface area contributed by atoms with Crippen LogP contribution in [0.3, 0.4) is 0 Å². The second kappa shape index (κ2) is 6.88. The Morgan fingerprint density at radius 1 is 1.38 bits per heavy atom. The Labute approximate surface area is 148 Å². The fraction of sp³-hybridized carbons (Fsp3) is 0.429. The van der Waals surface area contributed by atoms with E-state index >= 15 is 0 Å². The third-order valence-electron chi connectivity index (χ3n) is 4.19. The van der Waals surface area contributed by atoms with E-state index in [2.05, 4.69) is 0 Å². The Balaban J connectivity index is 2.52. The van der Waals surface area contributed by atoms with Crippen molar-refractivity contribution >= 4 is 27.8 Å². The van der Waals surface area contributed by atoms with Gasteiger partial charge in [-0.3, -0.25) is 15.0 Å². The molecular weight excluding hydrogens is 370 g/mol. The Kier molecular flexibility index (Phi) is 5.18. The minimum Gasteiger partial charge on any atom is -0.478 e. The molecule has 0 aromatic heterocycles. The fourth-order valence-electron chi connectivity index (χ4n) is 2.95. The van der Waals surface area contributed by atoms with Crippen LogP contribution in [-0.4, -0.2) is 52.7 Å². The predicted molar refractivity (Wildman–Crippen MR) is 87.1 cm³/mol.